The van der Waals surface area contributed by atoms with Gasteiger partial charge >= 0.3 is 0 Å². The molecule has 0 spiro atoms. The van der Waals surface area contributed by atoms with Gasteiger partial charge in [-0.1, -0.05) is 44.6 Å². The molecule has 1 aromatic heterocycles. The molecule has 2 heteroatoms. The average Bonchev–Trinajstić information content (AvgIpc) is 2.73. The zero-order chi connectivity index (χ0) is 13.3. The summed E-state index contributed by atoms with van der Waals surface area (Å²) in [7, 11) is 2.25. The Hall–Kier alpha value is -0.890. The zero-order valence-electron chi connectivity index (χ0n) is 12.4. The molecule has 0 aliphatic heterocycles. The van der Waals surface area contributed by atoms with Crippen LogP contribution < -0.4 is 0 Å². The average molecular weight is 260 g/mol. The van der Waals surface area contributed by atoms with E-state index in [1.54, 1.807) is 0 Å². The lowest BCUT2D eigenvalue weighted by atomic mass is 9.96. The number of hydrogen-bond donors (Lipinski definition) is 0. The standard InChI is InChI=1S/C17H28N2/c1-19(15-12-17-10-6-7-13-18-17)14-11-16-8-4-2-3-5-9-16/h6-7,10,13,16H,2-5,8-9,11-12,14-15H2,1H3. The molecule has 19 heavy (non-hydrogen) atoms. The Bertz CT molecular complexity index is 328. The lowest BCUT2D eigenvalue weighted by Gasteiger charge is -2.20. The lowest BCUT2D eigenvalue weighted by Crippen LogP contribution is -2.24. The fraction of sp³-hybridized carbons (Fsp3) is 0.706. The highest BCUT2D eigenvalue weighted by molar-refractivity contribution is 5.03. The van der Waals surface area contributed by atoms with Gasteiger partial charge in [-0.05, 0) is 38.1 Å². The van der Waals surface area contributed by atoms with Crippen LogP contribution >= 0.6 is 0 Å². The molecule has 1 aliphatic carbocycles. The maximum absolute atomic E-state index is 4.39. The Labute approximate surface area is 118 Å². The van der Waals surface area contributed by atoms with Gasteiger partial charge < -0.3 is 4.90 Å². The maximum atomic E-state index is 4.39. The first-order valence-corrected chi connectivity index (χ1v) is 7.93. The zero-order valence-corrected chi connectivity index (χ0v) is 12.4. The maximum Gasteiger partial charge on any atom is 0.0416 e. The van der Waals surface area contributed by atoms with E-state index < -0.39 is 0 Å². The molecule has 0 bridgehead atoms. The summed E-state index contributed by atoms with van der Waals surface area (Å²) >= 11 is 0. The number of hydrogen-bond acceptors (Lipinski definition) is 2. The summed E-state index contributed by atoms with van der Waals surface area (Å²) in [5, 5.41) is 0. The first-order valence-electron chi connectivity index (χ1n) is 7.93. The summed E-state index contributed by atoms with van der Waals surface area (Å²) in [6.45, 7) is 2.38. The molecule has 2 nitrogen and oxygen atoms in total. The summed E-state index contributed by atoms with van der Waals surface area (Å²) in [6, 6.07) is 6.19. The van der Waals surface area contributed by atoms with E-state index in [-0.39, 0.29) is 0 Å². The van der Waals surface area contributed by atoms with Crippen molar-refractivity contribution in [3.05, 3.63) is 30.1 Å². The van der Waals surface area contributed by atoms with Crippen LogP contribution in [0.5, 0.6) is 0 Å². The van der Waals surface area contributed by atoms with Crippen LogP contribution in [0.3, 0.4) is 0 Å². The molecule has 1 fully saturated rings. The Kier molecular flexibility index (Phi) is 6.35. The number of nitrogens with zero attached hydrogens (tertiary/aromatic N) is 2. The molecule has 0 N–H and O–H groups in total. The second-order valence-electron chi connectivity index (χ2n) is 6.02. The topological polar surface area (TPSA) is 16.1 Å². The van der Waals surface area contributed by atoms with E-state index in [4.69, 9.17) is 0 Å². The van der Waals surface area contributed by atoms with E-state index >= 15 is 0 Å². The van der Waals surface area contributed by atoms with Crippen LogP contribution in [0.15, 0.2) is 24.4 Å². The molecule has 1 heterocycles. The first-order chi connectivity index (χ1) is 9.34. The number of rotatable bonds is 6. The molecule has 1 aromatic rings. The molecule has 0 unspecified atom stereocenters. The molecule has 2 rings (SSSR count). The van der Waals surface area contributed by atoms with Crippen molar-refractivity contribution in [1.82, 2.24) is 9.88 Å². The third-order valence-corrected chi connectivity index (χ3v) is 4.37. The van der Waals surface area contributed by atoms with Gasteiger partial charge in [0.1, 0.15) is 0 Å². The molecule has 1 saturated carbocycles. The summed E-state index contributed by atoms with van der Waals surface area (Å²) < 4.78 is 0. The van der Waals surface area contributed by atoms with Crippen LogP contribution in [-0.4, -0.2) is 30.0 Å². The second-order valence-corrected chi connectivity index (χ2v) is 6.02. The highest BCUT2D eigenvalue weighted by Gasteiger charge is 2.12. The third-order valence-electron chi connectivity index (χ3n) is 4.37. The van der Waals surface area contributed by atoms with E-state index in [1.165, 1.54) is 57.2 Å². The fourth-order valence-electron chi connectivity index (χ4n) is 3.02. The van der Waals surface area contributed by atoms with Gasteiger partial charge in [-0.25, -0.2) is 0 Å². The van der Waals surface area contributed by atoms with Crippen LogP contribution in [0.2, 0.25) is 0 Å². The normalized spacial score (nSPS) is 17.6. The minimum Gasteiger partial charge on any atom is -0.306 e. The fourth-order valence-corrected chi connectivity index (χ4v) is 3.02. The van der Waals surface area contributed by atoms with Gasteiger partial charge in [0.15, 0.2) is 0 Å². The van der Waals surface area contributed by atoms with E-state index in [9.17, 15) is 0 Å². The van der Waals surface area contributed by atoms with E-state index in [2.05, 4.69) is 29.1 Å². The minimum absolute atomic E-state index is 0.986. The Balaban J connectivity index is 1.62. The van der Waals surface area contributed by atoms with Gasteiger partial charge in [-0.2, -0.15) is 0 Å². The highest BCUT2D eigenvalue weighted by Crippen LogP contribution is 2.25. The summed E-state index contributed by atoms with van der Waals surface area (Å²) in [5.74, 6) is 0.986. The van der Waals surface area contributed by atoms with Crippen molar-refractivity contribution >= 4 is 0 Å². The molecule has 0 saturated heterocycles. The van der Waals surface area contributed by atoms with Crippen molar-refractivity contribution < 1.29 is 0 Å². The summed E-state index contributed by atoms with van der Waals surface area (Å²) in [6.07, 6.45) is 13.1. The van der Waals surface area contributed by atoms with Crippen molar-refractivity contribution in [2.45, 2.75) is 51.4 Å². The van der Waals surface area contributed by atoms with Gasteiger partial charge in [-0.3, -0.25) is 4.98 Å². The smallest absolute Gasteiger partial charge is 0.0416 e. The van der Waals surface area contributed by atoms with Crippen molar-refractivity contribution in [3.63, 3.8) is 0 Å². The number of likely N-dealkylation sites (N-methyl/N-ethyl adjacent to an activating group) is 1. The monoisotopic (exact) mass is 260 g/mol. The largest absolute Gasteiger partial charge is 0.306 e. The molecular formula is C17H28N2. The molecular weight excluding hydrogens is 232 g/mol. The SMILES string of the molecule is CN(CCc1ccccn1)CCC1CCCCCC1. The van der Waals surface area contributed by atoms with Crippen LogP contribution in [0, 0.1) is 5.92 Å². The van der Waals surface area contributed by atoms with E-state index in [0.29, 0.717) is 0 Å². The highest BCUT2D eigenvalue weighted by atomic mass is 15.1. The van der Waals surface area contributed by atoms with Gasteiger partial charge in [0, 0.05) is 24.9 Å². The molecule has 0 radical (unpaired) electrons. The van der Waals surface area contributed by atoms with Gasteiger partial charge in [0.05, 0.1) is 0 Å². The van der Waals surface area contributed by atoms with Crippen molar-refractivity contribution in [1.29, 1.82) is 0 Å². The lowest BCUT2D eigenvalue weighted by molar-refractivity contribution is 0.290. The summed E-state index contributed by atoms with van der Waals surface area (Å²) in [4.78, 5) is 6.86. The Morgan fingerprint density at radius 1 is 1.11 bits per heavy atom. The van der Waals surface area contributed by atoms with Crippen LogP contribution in [0.4, 0.5) is 0 Å². The minimum atomic E-state index is 0.986. The molecule has 0 aromatic carbocycles. The number of aromatic nitrogens is 1. The predicted molar refractivity (Wildman–Crippen MR) is 81.2 cm³/mol. The van der Waals surface area contributed by atoms with Gasteiger partial charge in [0.2, 0.25) is 0 Å². The van der Waals surface area contributed by atoms with Gasteiger partial charge in [0.25, 0.3) is 0 Å². The van der Waals surface area contributed by atoms with Crippen molar-refractivity contribution in [2.75, 3.05) is 20.1 Å². The molecule has 1 aliphatic rings. The first kappa shape index (κ1) is 14.5. The second kappa shape index (κ2) is 8.31. The van der Waals surface area contributed by atoms with E-state index in [0.717, 1.165) is 18.9 Å². The van der Waals surface area contributed by atoms with Crippen LogP contribution in [0.1, 0.15) is 50.6 Å². The molecule has 0 atom stereocenters. The predicted octanol–water partition coefficient (Wildman–Crippen LogP) is 3.92. The molecule has 106 valence electrons. The third kappa shape index (κ3) is 5.73. The van der Waals surface area contributed by atoms with Crippen LogP contribution in [0.25, 0.3) is 0 Å². The van der Waals surface area contributed by atoms with Crippen molar-refractivity contribution in [2.24, 2.45) is 5.92 Å². The Morgan fingerprint density at radius 2 is 1.89 bits per heavy atom. The van der Waals surface area contributed by atoms with Crippen LogP contribution in [-0.2, 0) is 6.42 Å². The van der Waals surface area contributed by atoms with Crippen molar-refractivity contribution in [3.8, 4) is 0 Å². The Morgan fingerprint density at radius 3 is 2.58 bits per heavy atom. The van der Waals surface area contributed by atoms with Gasteiger partial charge in [-0.15, -0.1) is 0 Å². The number of pyridine rings is 1. The quantitative estimate of drug-likeness (QED) is 0.721. The molecule has 0 amide bonds. The van der Waals surface area contributed by atoms with E-state index in [1.807, 2.05) is 12.3 Å². The summed E-state index contributed by atoms with van der Waals surface area (Å²) in [5.41, 5.74) is 1.21.